The number of nitrogens with zero attached hydrogens (tertiary/aromatic N) is 6. The lowest BCUT2D eigenvalue weighted by Gasteiger charge is -2.43. The summed E-state index contributed by atoms with van der Waals surface area (Å²) in [6, 6.07) is 0.786. The van der Waals surface area contributed by atoms with Crippen molar-refractivity contribution in [3.05, 3.63) is 23.7 Å². The van der Waals surface area contributed by atoms with E-state index < -0.39 is 0 Å². The molecule has 1 aromatic heterocycles. The smallest absolute Gasteiger partial charge is 0.236 e. The monoisotopic (exact) mass is 467 g/mol. The van der Waals surface area contributed by atoms with Crippen LogP contribution in [0, 0.1) is 5.92 Å². The van der Waals surface area contributed by atoms with Crippen LogP contribution in [-0.2, 0) is 17.8 Å². The molecule has 6 rings (SSSR count). The van der Waals surface area contributed by atoms with Crippen molar-refractivity contribution in [3.63, 3.8) is 0 Å². The van der Waals surface area contributed by atoms with Crippen molar-refractivity contribution in [2.24, 2.45) is 10.9 Å². The van der Waals surface area contributed by atoms with Crippen LogP contribution >= 0.6 is 0 Å². The van der Waals surface area contributed by atoms with Gasteiger partial charge in [0, 0.05) is 75.4 Å². The Hall–Kier alpha value is -2.19. The highest BCUT2D eigenvalue weighted by Gasteiger charge is 2.31. The Labute approximate surface area is 204 Å². The van der Waals surface area contributed by atoms with Crippen LogP contribution < -0.4 is 5.32 Å². The predicted molar refractivity (Wildman–Crippen MR) is 136 cm³/mol. The second-order valence-corrected chi connectivity index (χ2v) is 10.1. The fourth-order valence-corrected chi connectivity index (χ4v) is 5.42. The van der Waals surface area contributed by atoms with Gasteiger partial charge in [-0.05, 0) is 31.6 Å². The molecule has 2 aliphatic carbocycles. The van der Waals surface area contributed by atoms with Gasteiger partial charge in [0.05, 0.1) is 31.0 Å². The summed E-state index contributed by atoms with van der Waals surface area (Å²) in [6.07, 6.45) is 11.8. The number of aliphatic imine (C=N–C) groups is 1. The van der Waals surface area contributed by atoms with Crippen LogP contribution in [0.1, 0.15) is 57.2 Å². The highest BCUT2D eigenvalue weighted by molar-refractivity contribution is 5.91. The Morgan fingerprint density at radius 1 is 1.09 bits per heavy atom. The number of amides is 1. The minimum atomic E-state index is 0.284. The molecule has 0 atom stereocenters. The Bertz CT molecular complexity index is 920. The summed E-state index contributed by atoms with van der Waals surface area (Å²) in [5.41, 5.74) is 4.82. The van der Waals surface area contributed by atoms with E-state index in [4.69, 9.17) is 10.1 Å². The molecule has 2 saturated carbocycles. The van der Waals surface area contributed by atoms with E-state index in [1.807, 2.05) is 18.5 Å². The van der Waals surface area contributed by atoms with Gasteiger partial charge in [0.1, 0.15) is 0 Å². The van der Waals surface area contributed by atoms with Gasteiger partial charge in [-0.3, -0.25) is 19.6 Å². The normalized spacial score (nSPS) is 24.0. The number of carbonyl (C=O) groups excluding carboxylic acids is 1. The van der Waals surface area contributed by atoms with E-state index in [1.165, 1.54) is 49.1 Å². The van der Waals surface area contributed by atoms with Gasteiger partial charge in [-0.1, -0.05) is 20.3 Å². The molecule has 0 radical (unpaired) electrons. The lowest BCUT2D eigenvalue weighted by atomic mass is 9.91. The molecular weight excluding hydrogens is 426 g/mol. The zero-order chi connectivity index (χ0) is 23.5. The van der Waals surface area contributed by atoms with E-state index in [1.54, 1.807) is 0 Å². The zero-order valence-corrected chi connectivity index (χ0v) is 21.0. The zero-order valence-electron chi connectivity index (χ0n) is 21.0. The molecule has 3 fully saturated rings. The van der Waals surface area contributed by atoms with E-state index in [9.17, 15) is 4.79 Å². The molecule has 1 N–H and O–H groups in total. The van der Waals surface area contributed by atoms with Gasteiger partial charge in [-0.2, -0.15) is 5.10 Å². The third-order valence-corrected chi connectivity index (χ3v) is 7.89. The van der Waals surface area contributed by atoms with Crippen LogP contribution in [-0.4, -0.2) is 94.5 Å². The number of hydrogen-bond acceptors (Lipinski definition) is 6. The van der Waals surface area contributed by atoms with Crippen molar-refractivity contribution in [1.29, 1.82) is 0 Å². The van der Waals surface area contributed by atoms with Crippen molar-refractivity contribution in [2.45, 2.75) is 65.0 Å². The van der Waals surface area contributed by atoms with Gasteiger partial charge in [0.15, 0.2) is 0 Å². The van der Waals surface area contributed by atoms with Crippen molar-refractivity contribution < 1.29 is 4.79 Å². The second-order valence-electron chi connectivity index (χ2n) is 10.1. The quantitative estimate of drug-likeness (QED) is 0.719. The van der Waals surface area contributed by atoms with E-state index in [0.717, 1.165) is 64.0 Å². The molecule has 1 saturated heterocycles. The molecule has 3 aliphatic heterocycles. The maximum absolute atomic E-state index is 12.9. The fraction of sp³-hybridized carbons (Fsp3) is 0.731. The van der Waals surface area contributed by atoms with Crippen molar-refractivity contribution >= 4 is 17.3 Å². The molecule has 8 nitrogen and oxygen atoms in total. The van der Waals surface area contributed by atoms with Crippen molar-refractivity contribution in [1.82, 2.24) is 29.8 Å². The molecule has 1 aromatic rings. The molecular formula is C26H41N7O. The molecule has 34 heavy (non-hydrogen) atoms. The Morgan fingerprint density at radius 2 is 1.88 bits per heavy atom. The van der Waals surface area contributed by atoms with Gasteiger partial charge < -0.3 is 10.2 Å². The molecule has 8 heteroatoms. The Kier molecular flexibility index (Phi) is 7.34. The van der Waals surface area contributed by atoms with Gasteiger partial charge in [-0.15, -0.1) is 0 Å². The first-order valence-corrected chi connectivity index (χ1v) is 13.5. The maximum Gasteiger partial charge on any atom is 0.236 e. The van der Waals surface area contributed by atoms with E-state index in [-0.39, 0.29) is 5.91 Å². The summed E-state index contributed by atoms with van der Waals surface area (Å²) >= 11 is 0. The number of carbonyl (C=O) groups is 1. The summed E-state index contributed by atoms with van der Waals surface area (Å²) in [6.45, 7) is 11.6. The summed E-state index contributed by atoms with van der Waals surface area (Å²) in [7, 11) is 0. The van der Waals surface area contributed by atoms with Crippen LogP contribution in [0.3, 0.4) is 0 Å². The van der Waals surface area contributed by atoms with Gasteiger partial charge in [0.25, 0.3) is 0 Å². The van der Waals surface area contributed by atoms with Gasteiger partial charge in [-0.25, -0.2) is 4.68 Å². The number of nitrogens with one attached hydrogen (secondary N) is 1. The lowest BCUT2D eigenvalue weighted by Crippen LogP contribution is -2.55. The summed E-state index contributed by atoms with van der Waals surface area (Å²) in [5.74, 6) is 0.986. The maximum atomic E-state index is 12.9. The number of piperazine rings is 1. The first-order chi connectivity index (χ1) is 16.7. The summed E-state index contributed by atoms with van der Waals surface area (Å²) in [5, 5.41) is 8.27. The second kappa shape index (κ2) is 10.6. The standard InChI is InChI=1S/C24H35N7O.C2H6/c32-24(30-10-8-29(9-11-30)20-2-1-3-20)17-28-7-6-22-19(15-28)16-31(27-22)21-12-25-14-23(26-13-21)18-4-5-18;1-2/h12,16,18,20,25H,1-11,13-15,17H2;1-2H3. The third-order valence-electron chi connectivity index (χ3n) is 7.89. The molecule has 0 aromatic carbocycles. The number of rotatable bonds is 5. The first-order valence-electron chi connectivity index (χ1n) is 13.5. The van der Waals surface area contributed by atoms with Gasteiger partial charge >= 0.3 is 0 Å². The lowest BCUT2D eigenvalue weighted by molar-refractivity contribution is -0.135. The molecule has 0 unspecified atom stereocenters. The van der Waals surface area contributed by atoms with E-state index >= 15 is 0 Å². The average Bonchev–Trinajstić information content (AvgIpc) is 3.62. The van der Waals surface area contributed by atoms with Crippen LogP contribution in [0.25, 0.3) is 5.70 Å². The highest BCUT2D eigenvalue weighted by Crippen LogP contribution is 2.31. The van der Waals surface area contributed by atoms with Crippen LogP contribution in [0.15, 0.2) is 17.4 Å². The Morgan fingerprint density at radius 3 is 2.59 bits per heavy atom. The molecule has 1 amide bonds. The summed E-state index contributed by atoms with van der Waals surface area (Å²) < 4.78 is 2.00. The summed E-state index contributed by atoms with van der Waals surface area (Å²) in [4.78, 5) is 24.7. The molecule has 0 bridgehead atoms. The van der Waals surface area contributed by atoms with Gasteiger partial charge in [0.2, 0.25) is 5.91 Å². The van der Waals surface area contributed by atoms with Crippen LogP contribution in [0.2, 0.25) is 0 Å². The SMILES string of the molecule is CC.O=C(CN1CCc2nn(C3=CNCC(C4CC4)=NC3)cc2C1)N1CCN(C2CCC2)CC1. The third kappa shape index (κ3) is 5.23. The predicted octanol–water partition coefficient (Wildman–Crippen LogP) is 2.22. The van der Waals surface area contributed by atoms with E-state index in [2.05, 4.69) is 32.4 Å². The molecule has 4 heterocycles. The van der Waals surface area contributed by atoms with Crippen LogP contribution in [0.5, 0.6) is 0 Å². The minimum Gasteiger partial charge on any atom is -0.384 e. The average molecular weight is 468 g/mol. The molecule has 186 valence electrons. The largest absolute Gasteiger partial charge is 0.384 e. The molecule has 0 spiro atoms. The number of aromatic nitrogens is 2. The minimum absolute atomic E-state index is 0.284. The highest BCUT2D eigenvalue weighted by atomic mass is 16.2. The van der Waals surface area contributed by atoms with Crippen molar-refractivity contribution in [2.75, 3.05) is 52.4 Å². The van der Waals surface area contributed by atoms with E-state index in [0.29, 0.717) is 19.0 Å². The number of hydrogen-bond donors (Lipinski definition) is 1. The van der Waals surface area contributed by atoms with Crippen molar-refractivity contribution in [3.8, 4) is 0 Å². The topological polar surface area (TPSA) is 69.0 Å². The van der Waals surface area contributed by atoms with Crippen LogP contribution in [0.4, 0.5) is 0 Å². The Balaban J connectivity index is 0.00000117. The number of fused-ring (bicyclic) bond motifs is 1. The first kappa shape index (κ1) is 23.5. The fourth-order valence-electron chi connectivity index (χ4n) is 5.42. The molecule has 5 aliphatic rings.